The van der Waals surface area contributed by atoms with E-state index in [1.54, 1.807) is 23.9 Å². The van der Waals surface area contributed by atoms with Crippen molar-refractivity contribution < 1.29 is 13.2 Å². The second-order valence-corrected chi connectivity index (χ2v) is 5.61. The van der Waals surface area contributed by atoms with Gasteiger partial charge in [-0.05, 0) is 25.1 Å². The van der Waals surface area contributed by atoms with Crippen molar-refractivity contribution in [3.8, 4) is 6.07 Å². The molecular formula is C13H13F3N2S. The topological polar surface area (TPSA) is 27.0 Å². The number of nitriles is 1. The Morgan fingerprint density at radius 1 is 1.42 bits per heavy atom. The molecular weight excluding hydrogens is 273 g/mol. The van der Waals surface area contributed by atoms with Crippen LogP contribution in [0.2, 0.25) is 0 Å². The van der Waals surface area contributed by atoms with Crippen molar-refractivity contribution in [2.75, 3.05) is 23.0 Å². The third-order valence-corrected chi connectivity index (χ3v) is 4.32. The Bertz CT molecular complexity index is 508. The molecule has 0 radical (unpaired) electrons. The lowest BCUT2D eigenvalue weighted by molar-refractivity contribution is -0.137. The van der Waals surface area contributed by atoms with E-state index >= 15 is 0 Å². The van der Waals surface area contributed by atoms with E-state index < -0.39 is 11.7 Å². The maximum Gasteiger partial charge on any atom is 0.417 e. The number of nitrogens with zero attached hydrogens (tertiary/aromatic N) is 2. The summed E-state index contributed by atoms with van der Waals surface area (Å²) in [5.74, 6) is 1.81. The molecule has 1 unspecified atom stereocenters. The minimum Gasteiger partial charge on any atom is -0.367 e. The number of rotatable bonds is 1. The van der Waals surface area contributed by atoms with Gasteiger partial charge in [-0.1, -0.05) is 0 Å². The van der Waals surface area contributed by atoms with Gasteiger partial charge in [-0.3, -0.25) is 0 Å². The highest BCUT2D eigenvalue weighted by Crippen LogP contribution is 2.35. The molecule has 102 valence electrons. The molecule has 0 amide bonds. The van der Waals surface area contributed by atoms with E-state index in [-0.39, 0.29) is 11.6 Å². The molecule has 6 heteroatoms. The van der Waals surface area contributed by atoms with Gasteiger partial charge in [0.1, 0.15) is 0 Å². The second kappa shape index (κ2) is 5.33. The standard InChI is InChI=1S/C13H13F3N2S/c1-9-8-19-5-4-18(9)11-3-2-10(7-17)12(6-11)13(14,15)16/h2-3,6,9H,4-5,8H2,1H3. The zero-order valence-electron chi connectivity index (χ0n) is 10.4. The Hall–Kier alpha value is -1.35. The maximum atomic E-state index is 12.9. The van der Waals surface area contributed by atoms with Crippen LogP contribution in [0.25, 0.3) is 0 Å². The number of benzene rings is 1. The number of anilines is 1. The minimum absolute atomic E-state index is 0.202. The first-order valence-corrected chi connectivity index (χ1v) is 7.04. The third-order valence-electron chi connectivity index (χ3n) is 3.13. The molecule has 0 N–H and O–H groups in total. The first-order valence-electron chi connectivity index (χ1n) is 5.89. The van der Waals surface area contributed by atoms with Crippen LogP contribution < -0.4 is 4.90 Å². The zero-order chi connectivity index (χ0) is 14.0. The van der Waals surface area contributed by atoms with Crippen LogP contribution in [0.3, 0.4) is 0 Å². The summed E-state index contributed by atoms with van der Waals surface area (Å²) in [6.45, 7) is 2.73. The summed E-state index contributed by atoms with van der Waals surface area (Å²) in [5, 5.41) is 8.77. The smallest absolute Gasteiger partial charge is 0.367 e. The molecule has 1 aliphatic heterocycles. The van der Waals surface area contributed by atoms with Gasteiger partial charge in [-0.15, -0.1) is 0 Å². The van der Waals surface area contributed by atoms with Crippen LogP contribution in [0.4, 0.5) is 18.9 Å². The molecule has 1 saturated heterocycles. The maximum absolute atomic E-state index is 12.9. The molecule has 0 bridgehead atoms. The Kier molecular flexibility index (Phi) is 3.95. The molecule has 1 atom stereocenters. The second-order valence-electron chi connectivity index (χ2n) is 4.46. The highest BCUT2D eigenvalue weighted by molar-refractivity contribution is 7.99. The Labute approximate surface area is 114 Å². The van der Waals surface area contributed by atoms with E-state index in [1.807, 2.05) is 11.8 Å². The van der Waals surface area contributed by atoms with Gasteiger partial charge in [0.05, 0.1) is 17.2 Å². The highest BCUT2D eigenvalue weighted by atomic mass is 32.2. The van der Waals surface area contributed by atoms with Crippen molar-refractivity contribution in [1.29, 1.82) is 5.26 Å². The van der Waals surface area contributed by atoms with Gasteiger partial charge >= 0.3 is 6.18 Å². The highest BCUT2D eigenvalue weighted by Gasteiger charge is 2.34. The molecule has 1 aliphatic rings. The lowest BCUT2D eigenvalue weighted by Crippen LogP contribution is -2.40. The van der Waals surface area contributed by atoms with Crippen molar-refractivity contribution in [2.45, 2.75) is 19.1 Å². The lowest BCUT2D eigenvalue weighted by Gasteiger charge is -2.35. The molecule has 0 saturated carbocycles. The van der Waals surface area contributed by atoms with Gasteiger partial charge in [0.25, 0.3) is 0 Å². The van der Waals surface area contributed by atoms with Crippen molar-refractivity contribution in [3.05, 3.63) is 29.3 Å². The van der Waals surface area contributed by atoms with Crippen LogP contribution in [0, 0.1) is 11.3 Å². The lowest BCUT2D eigenvalue weighted by atomic mass is 10.1. The van der Waals surface area contributed by atoms with E-state index in [9.17, 15) is 13.2 Å². The molecule has 2 nitrogen and oxygen atoms in total. The van der Waals surface area contributed by atoms with E-state index in [0.29, 0.717) is 5.69 Å². The Balaban J connectivity index is 2.41. The fraction of sp³-hybridized carbons (Fsp3) is 0.462. The number of alkyl halides is 3. The van der Waals surface area contributed by atoms with Gasteiger partial charge < -0.3 is 4.90 Å². The summed E-state index contributed by atoms with van der Waals surface area (Å²) in [4.78, 5) is 1.97. The summed E-state index contributed by atoms with van der Waals surface area (Å²) in [7, 11) is 0. The molecule has 0 spiro atoms. The van der Waals surface area contributed by atoms with Gasteiger partial charge in [0.15, 0.2) is 0 Å². The minimum atomic E-state index is -4.49. The molecule has 2 rings (SSSR count). The summed E-state index contributed by atoms with van der Waals surface area (Å²) < 4.78 is 38.7. The van der Waals surface area contributed by atoms with Crippen molar-refractivity contribution in [2.24, 2.45) is 0 Å². The SMILES string of the molecule is CC1CSCCN1c1ccc(C#N)c(C(F)(F)F)c1. The molecule has 19 heavy (non-hydrogen) atoms. The first kappa shape index (κ1) is 14.1. The molecule has 0 aliphatic carbocycles. The monoisotopic (exact) mass is 286 g/mol. The van der Waals surface area contributed by atoms with E-state index in [1.165, 1.54) is 6.07 Å². The first-order chi connectivity index (χ1) is 8.93. The van der Waals surface area contributed by atoms with E-state index in [0.717, 1.165) is 24.1 Å². The van der Waals surface area contributed by atoms with Crippen LogP contribution >= 0.6 is 11.8 Å². The fourth-order valence-corrected chi connectivity index (χ4v) is 3.17. The molecule has 0 aromatic heterocycles. The summed E-state index contributed by atoms with van der Waals surface area (Å²) in [5.41, 5.74) is -0.632. The quantitative estimate of drug-likeness (QED) is 0.790. The Morgan fingerprint density at radius 3 is 2.74 bits per heavy atom. The van der Waals surface area contributed by atoms with Gasteiger partial charge in [-0.2, -0.15) is 30.2 Å². The summed E-state index contributed by atoms with van der Waals surface area (Å²) in [6.07, 6.45) is -4.49. The Morgan fingerprint density at radius 2 is 2.16 bits per heavy atom. The number of hydrogen-bond donors (Lipinski definition) is 0. The average Bonchev–Trinajstić information content (AvgIpc) is 2.37. The molecule has 1 aromatic rings. The van der Waals surface area contributed by atoms with E-state index in [2.05, 4.69) is 0 Å². The molecule has 1 fully saturated rings. The normalized spacial score (nSPS) is 20.2. The van der Waals surface area contributed by atoms with Crippen molar-refractivity contribution >= 4 is 17.4 Å². The summed E-state index contributed by atoms with van der Waals surface area (Å²) >= 11 is 1.80. The van der Waals surface area contributed by atoms with Crippen molar-refractivity contribution in [1.82, 2.24) is 0 Å². The number of thioether (sulfide) groups is 1. The van der Waals surface area contributed by atoms with Crippen LogP contribution in [0.5, 0.6) is 0 Å². The molecule has 1 heterocycles. The van der Waals surface area contributed by atoms with Crippen LogP contribution in [-0.4, -0.2) is 24.1 Å². The van der Waals surface area contributed by atoms with E-state index in [4.69, 9.17) is 5.26 Å². The number of hydrogen-bond acceptors (Lipinski definition) is 3. The van der Waals surface area contributed by atoms with Crippen LogP contribution in [0.15, 0.2) is 18.2 Å². The average molecular weight is 286 g/mol. The third kappa shape index (κ3) is 2.98. The fourth-order valence-electron chi connectivity index (χ4n) is 2.15. The van der Waals surface area contributed by atoms with Gasteiger partial charge in [-0.25, -0.2) is 0 Å². The molecule has 1 aromatic carbocycles. The largest absolute Gasteiger partial charge is 0.417 e. The number of halogens is 3. The predicted molar refractivity (Wildman–Crippen MR) is 70.3 cm³/mol. The van der Waals surface area contributed by atoms with Crippen LogP contribution in [-0.2, 0) is 6.18 Å². The predicted octanol–water partition coefficient (Wildman–Crippen LogP) is 3.52. The van der Waals surface area contributed by atoms with Crippen molar-refractivity contribution in [3.63, 3.8) is 0 Å². The van der Waals surface area contributed by atoms with Gasteiger partial charge in [0, 0.05) is 29.8 Å². The zero-order valence-corrected chi connectivity index (χ0v) is 11.2. The summed E-state index contributed by atoms with van der Waals surface area (Å²) in [6, 6.07) is 5.74. The van der Waals surface area contributed by atoms with Gasteiger partial charge in [0.2, 0.25) is 0 Å². The van der Waals surface area contributed by atoms with Crippen LogP contribution in [0.1, 0.15) is 18.1 Å².